The second-order valence-electron chi connectivity index (χ2n) is 8.63. The molecule has 0 aromatic heterocycles. The van der Waals surface area contributed by atoms with Crippen LogP contribution in [0.2, 0.25) is 0 Å². The second kappa shape index (κ2) is 8.36. The Morgan fingerprint density at radius 3 is 2.39 bits per heavy atom. The molecule has 2 aliphatic heterocycles. The van der Waals surface area contributed by atoms with E-state index in [1.807, 2.05) is 0 Å². The van der Waals surface area contributed by atoms with Gasteiger partial charge in [0, 0.05) is 31.5 Å². The minimum atomic E-state index is -0.969. The zero-order valence-corrected chi connectivity index (χ0v) is 17.3. The van der Waals surface area contributed by atoms with Crippen molar-refractivity contribution < 1.29 is 28.7 Å². The number of amides is 3. The van der Waals surface area contributed by atoms with Gasteiger partial charge in [-0.2, -0.15) is 0 Å². The Labute approximate surface area is 165 Å². The van der Waals surface area contributed by atoms with Crippen molar-refractivity contribution in [3.8, 4) is 0 Å². The summed E-state index contributed by atoms with van der Waals surface area (Å²) in [6, 6.07) is -0.969. The van der Waals surface area contributed by atoms with Gasteiger partial charge in [0.25, 0.3) is 0 Å². The number of piperidine rings is 1. The Hall–Kier alpha value is -2.32. The number of carbonyl (C=O) groups is 4. The van der Waals surface area contributed by atoms with Crippen LogP contribution in [0.25, 0.3) is 0 Å². The third-order valence-corrected chi connectivity index (χ3v) is 5.26. The number of methoxy groups -OCH3 is 1. The van der Waals surface area contributed by atoms with E-state index in [0.717, 1.165) is 0 Å². The van der Waals surface area contributed by atoms with Crippen molar-refractivity contribution in [1.29, 1.82) is 0 Å². The monoisotopic (exact) mass is 397 g/mol. The molecule has 0 aliphatic carbocycles. The summed E-state index contributed by atoms with van der Waals surface area (Å²) in [7, 11) is 1.24. The third-order valence-electron chi connectivity index (χ3n) is 5.26. The van der Waals surface area contributed by atoms with Crippen molar-refractivity contribution in [3.63, 3.8) is 0 Å². The molecule has 2 saturated heterocycles. The molecular formula is C19H31N3O6. The first-order chi connectivity index (χ1) is 12.9. The van der Waals surface area contributed by atoms with Gasteiger partial charge in [-0.1, -0.05) is 0 Å². The van der Waals surface area contributed by atoms with Gasteiger partial charge in [-0.3, -0.25) is 9.59 Å². The molecule has 2 fully saturated rings. The fourth-order valence-electron chi connectivity index (χ4n) is 3.84. The standard InChI is InChI=1S/C19H31N3O6/c1-12(23)22-8-6-19(7-9-22)11-13(15(24)21-19)10-14(16(25)27-5)20-17(26)28-18(2,3)4/h13-14H,6-11H2,1-5H3,(H,20,26)(H,21,24)/t13-,14-/m1/s1. The van der Waals surface area contributed by atoms with E-state index in [-0.39, 0.29) is 23.8 Å². The molecule has 0 saturated carbocycles. The van der Waals surface area contributed by atoms with E-state index < -0.39 is 29.6 Å². The first kappa shape index (κ1) is 22.0. The normalized spacial score (nSPS) is 22.4. The molecular weight excluding hydrogens is 366 g/mol. The maximum Gasteiger partial charge on any atom is 0.408 e. The van der Waals surface area contributed by atoms with E-state index in [1.54, 1.807) is 25.7 Å². The van der Waals surface area contributed by atoms with Crippen LogP contribution in [-0.2, 0) is 23.9 Å². The van der Waals surface area contributed by atoms with Crippen LogP contribution < -0.4 is 10.6 Å². The van der Waals surface area contributed by atoms with Crippen LogP contribution in [0.5, 0.6) is 0 Å². The number of likely N-dealkylation sites (tertiary alicyclic amines) is 1. The highest BCUT2D eigenvalue weighted by Gasteiger charge is 2.47. The van der Waals surface area contributed by atoms with Crippen LogP contribution in [0.4, 0.5) is 4.79 Å². The van der Waals surface area contributed by atoms with Gasteiger partial charge < -0.3 is 25.0 Å². The molecule has 2 rings (SSSR count). The smallest absolute Gasteiger partial charge is 0.408 e. The topological polar surface area (TPSA) is 114 Å². The number of hydrogen-bond donors (Lipinski definition) is 2. The lowest BCUT2D eigenvalue weighted by molar-refractivity contribution is -0.143. The van der Waals surface area contributed by atoms with Gasteiger partial charge in [0.05, 0.1) is 7.11 Å². The van der Waals surface area contributed by atoms with Crippen LogP contribution >= 0.6 is 0 Å². The van der Waals surface area contributed by atoms with Crippen molar-refractivity contribution in [2.45, 2.75) is 70.6 Å². The van der Waals surface area contributed by atoms with Crippen molar-refractivity contribution in [1.82, 2.24) is 15.5 Å². The molecule has 0 aromatic rings. The SMILES string of the molecule is COC(=O)[C@@H](C[C@@H]1CC2(CCN(C(C)=O)CC2)NC1=O)NC(=O)OC(C)(C)C. The molecule has 1 spiro atoms. The quantitative estimate of drug-likeness (QED) is 0.683. The molecule has 9 heteroatoms. The summed E-state index contributed by atoms with van der Waals surface area (Å²) in [5, 5.41) is 5.58. The molecule has 2 atom stereocenters. The van der Waals surface area contributed by atoms with Gasteiger partial charge >= 0.3 is 12.1 Å². The lowest BCUT2D eigenvalue weighted by Gasteiger charge is -2.39. The summed E-state index contributed by atoms with van der Waals surface area (Å²) in [6.45, 7) is 7.90. The number of hydrogen-bond acceptors (Lipinski definition) is 6. The highest BCUT2D eigenvalue weighted by molar-refractivity contribution is 5.85. The van der Waals surface area contributed by atoms with Gasteiger partial charge in [0.2, 0.25) is 11.8 Å². The number of esters is 1. The van der Waals surface area contributed by atoms with E-state index >= 15 is 0 Å². The number of nitrogens with one attached hydrogen (secondary N) is 2. The summed E-state index contributed by atoms with van der Waals surface area (Å²) < 4.78 is 9.98. The Balaban J connectivity index is 2.00. The van der Waals surface area contributed by atoms with Gasteiger partial charge in [-0.25, -0.2) is 9.59 Å². The van der Waals surface area contributed by atoms with E-state index in [9.17, 15) is 19.2 Å². The Kier molecular flexibility index (Phi) is 6.56. The highest BCUT2D eigenvalue weighted by atomic mass is 16.6. The lowest BCUT2D eigenvalue weighted by atomic mass is 9.82. The molecule has 0 aromatic carbocycles. The predicted molar refractivity (Wildman–Crippen MR) is 100 cm³/mol. The fourth-order valence-corrected chi connectivity index (χ4v) is 3.84. The van der Waals surface area contributed by atoms with Crippen LogP contribution in [-0.4, -0.2) is 66.2 Å². The van der Waals surface area contributed by atoms with E-state index in [4.69, 9.17) is 9.47 Å². The van der Waals surface area contributed by atoms with E-state index in [0.29, 0.717) is 32.4 Å². The number of rotatable bonds is 4. The average molecular weight is 397 g/mol. The summed E-state index contributed by atoms with van der Waals surface area (Å²) in [5.74, 6) is -1.16. The molecule has 9 nitrogen and oxygen atoms in total. The lowest BCUT2D eigenvalue weighted by Crippen LogP contribution is -2.51. The van der Waals surface area contributed by atoms with Crippen molar-refractivity contribution in [2.24, 2.45) is 5.92 Å². The van der Waals surface area contributed by atoms with Crippen LogP contribution in [0.1, 0.15) is 53.4 Å². The number of carbonyl (C=O) groups excluding carboxylic acids is 4. The minimum absolute atomic E-state index is 0.0306. The largest absolute Gasteiger partial charge is 0.467 e. The average Bonchev–Trinajstić information content (AvgIpc) is 2.87. The zero-order chi connectivity index (χ0) is 21.1. The third kappa shape index (κ3) is 5.59. The first-order valence-corrected chi connectivity index (χ1v) is 9.59. The molecule has 0 unspecified atom stereocenters. The number of ether oxygens (including phenoxy) is 2. The fraction of sp³-hybridized carbons (Fsp3) is 0.789. The molecule has 0 radical (unpaired) electrons. The van der Waals surface area contributed by atoms with E-state index in [2.05, 4.69) is 10.6 Å². The zero-order valence-electron chi connectivity index (χ0n) is 17.3. The maximum atomic E-state index is 12.5. The Morgan fingerprint density at radius 2 is 1.89 bits per heavy atom. The first-order valence-electron chi connectivity index (χ1n) is 9.59. The van der Waals surface area contributed by atoms with Gasteiger partial charge in [-0.15, -0.1) is 0 Å². The second-order valence-corrected chi connectivity index (χ2v) is 8.63. The molecule has 28 heavy (non-hydrogen) atoms. The van der Waals surface area contributed by atoms with Crippen LogP contribution in [0.15, 0.2) is 0 Å². The summed E-state index contributed by atoms with van der Waals surface area (Å²) in [4.78, 5) is 50.0. The number of alkyl carbamates (subject to hydrolysis) is 1. The Morgan fingerprint density at radius 1 is 1.29 bits per heavy atom. The van der Waals surface area contributed by atoms with E-state index in [1.165, 1.54) is 14.0 Å². The van der Waals surface area contributed by atoms with Crippen molar-refractivity contribution in [3.05, 3.63) is 0 Å². The molecule has 3 amide bonds. The van der Waals surface area contributed by atoms with Gasteiger partial charge in [0.1, 0.15) is 11.6 Å². The molecule has 2 N–H and O–H groups in total. The predicted octanol–water partition coefficient (Wildman–Crippen LogP) is 0.960. The van der Waals surface area contributed by atoms with Crippen LogP contribution in [0, 0.1) is 5.92 Å². The summed E-state index contributed by atoms with van der Waals surface area (Å²) in [5.41, 5.74) is -1.06. The minimum Gasteiger partial charge on any atom is -0.467 e. The van der Waals surface area contributed by atoms with Gasteiger partial charge in [-0.05, 0) is 46.5 Å². The van der Waals surface area contributed by atoms with Gasteiger partial charge in [0.15, 0.2) is 0 Å². The summed E-state index contributed by atoms with van der Waals surface area (Å²) in [6.07, 6.45) is 1.32. The molecule has 2 aliphatic rings. The molecule has 2 heterocycles. The maximum absolute atomic E-state index is 12.5. The van der Waals surface area contributed by atoms with Crippen LogP contribution in [0.3, 0.4) is 0 Å². The number of nitrogens with zero attached hydrogens (tertiary/aromatic N) is 1. The Bertz CT molecular complexity index is 634. The van der Waals surface area contributed by atoms with Crippen molar-refractivity contribution in [2.75, 3.05) is 20.2 Å². The van der Waals surface area contributed by atoms with Crippen molar-refractivity contribution >= 4 is 23.9 Å². The highest BCUT2D eigenvalue weighted by Crippen LogP contribution is 2.36. The molecule has 0 bridgehead atoms. The summed E-state index contributed by atoms with van der Waals surface area (Å²) >= 11 is 0. The molecule has 158 valence electrons.